The molecule has 0 saturated carbocycles. The van der Waals surface area contributed by atoms with Crippen LogP contribution in [0.15, 0.2) is 40.9 Å². The highest BCUT2D eigenvalue weighted by Crippen LogP contribution is 2.22. The van der Waals surface area contributed by atoms with Gasteiger partial charge in [0.25, 0.3) is 5.91 Å². The number of carbonyl (C=O) groups is 1. The molecule has 1 unspecified atom stereocenters. The lowest BCUT2D eigenvalue weighted by Gasteiger charge is -2.16. The van der Waals surface area contributed by atoms with Crippen molar-refractivity contribution in [1.29, 1.82) is 0 Å². The van der Waals surface area contributed by atoms with E-state index < -0.39 is 0 Å². The number of likely N-dealkylation sites (tertiary alicyclic amines) is 1. The van der Waals surface area contributed by atoms with Crippen LogP contribution in [-0.4, -0.2) is 37.0 Å². The molecular formula is C16H18BrClN2O. The summed E-state index contributed by atoms with van der Waals surface area (Å²) in [6.45, 7) is 1.64. The van der Waals surface area contributed by atoms with Crippen LogP contribution in [0.3, 0.4) is 0 Å². The highest BCUT2D eigenvalue weighted by molar-refractivity contribution is 9.10. The number of rotatable bonds is 2. The minimum absolute atomic E-state index is 0. The molecule has 1 aliphatic rings. The SMILES string of the molecule is CNC1CCN(C(=O)c2ccc3cc(Br)ccc3c2)C1.Cl. The van der Waals surface area contributed by atoms with Gasteiger partial charge >= 0.3 is 0 Å². The summed E-state index contributed by atoms with van der Waals surface area (Å²) in [7, 11) is 1.95. The number of hydrogen-bond acceptors (Lipinski definition) is 2. The average molecular weight is 370 g/mol. The Morgan fingerprint density at radius 3 is 2.67 bits per heavy atom. The maximum absolute atomic E-state index is 12.5. The van der Waals surface area contributed by atoms with Crippen molar-refractivity contribution in [2.24, 2.45) is 0 Å². The molecule has 0 aliphatic carbocycles. The Hall–Kier alpha value is -1.10. The van der Waals surface area contributed by atoms with Crippen LogP contribution in [0, 0.1) is 0 Å². The van der Waals surface area contributed by atoms with E-state index in [1.54, 1.807) is 0 Å². The summed E-state index contributed by atoms with van der Waals surface area (Å²) in [5, 5.41) is 5.48. The van der Waals surface area contributed by atoms with Crippen LogP contribution >= 0.6 is 28.3 Å². The Bertz CT molecular complexity index is 662. The molecule has 0 radical (unpaired) electrons. The van der Waals surface area contributed by atoms with E-state index in [2.05, 4.69) is 27.3 Å². The van der Waals surface area contributed by atoms with Gasteiger partial charge in [-0.15, -0.1) is 12.4 Å². The van der Waals surface area contributed by atoms with Gasteiger partial charge in [0.2, 0.25) is 0 Å². The van der Waals surface area contributed by atoms with E-state index in [4.69, 9.17) is 0 Å². The molecule has 1 fully saturated rings. The van der Waals surface area contributed by atoms with Crippen LogP contribution in [0.4, 0.5) is 0 Å². The number of likely N-dealkylation sites (N-methyl/N-ethyl adjacent to an activating group) is 1. The monoisotopic (exact) mass is 368 g/mol. The van der Waals surface area contributed by atoms with E-state index in [1.165, 1.54) is 0 Å². The second kappa shape index (κ2) is 6.77. The van der Waals surface area contributed by atoms with E-state index >= 15 is 0 Å². The third-order valence-electron chi connectivity index (χ3n) is 3.93. The van der Waals surface area contributed by atoms with E-state index in [-0.39, 0.29) is 18.3 Å². The Balaban J connectivity index is 0.00000161. The molecule has 21 heavy (non-hydrogen) atoms. The van der Waals surface area contributed by atoms with Gasteiger partial charge in [-0.3, -0.25) is 4.79 Å². The van der Waals surface area contributed by atoms with Crippen molar-refractivity contribution in [3.63, 3.8) is 0 Å². The lowest BCUT2D eigenvalue weighted by Crippen LogP contribution is -2.33. The van der Waals surface area contributed by atoms with Crippen LogP contribution < -0.4 is 5.32 Å². The van der Waals surface area contributed by atoms with Gasteiger partial charge in [0, 0.05) is 29.2 Å². The molecule has 1 N–H and O–H groups in total. The van der Waals surface area contributed by atoms with Crippen molar-refractivity contribution < 1.29 is 4.79 Å². The predicted octanol–water partition coefficient (Wildman–Crippen LogP) is 3.46. The first-order valence-electron chi connectivity index (χ1n) is 6.83. The molecule has 5 heteroatoms. The Morgan fingerprint density at radius 1 is 1.24 bits per heavy atom. The Kier molecular flexibility index (Phi) is 5.25. The minimum Gasteiger partial charge on any atom is -0.337 e. The number of nitrogens with zero attached hydrogens (tertiary/aromatic N) is 1. The number of amides is 1. The molecule has 2 aromatic rings. The third-order valence-corrected chi connectivity index (χ3v) is 4.43. The summed E-state index contributed by atoms with van der Waals surface area (Å²) in [4.78, 5) is 14.4. The number of benzene rings is 2. The van der Waals surface area contributed by atoms with Crippen molar-refractivity contribution in [3.8, 4) is 0 Å². The van der Waals surface area contributed by atoms with Gasteiger partial charge in [-0.2, -0.15) is 0 Å². The van der Waals surface area contributed by atoms with Crippen LogP contribution in [0.5, 0.6) is 0 Å². The third kappa shape index (κ3) is 3.39. The summed E-state index contributed by atoms with van der Waals surface area (Å²) in [5.74, 6) is 0.132. The topological polar surface area (TPSA) is 32.3 Å². The van der Waals surface area contributed by atoms with E-state index in [9.17, 15) is 4.79 Å². The molecule has 0 aromatic heterocycles. The maximum atomic E-state index is 12.5. The molecule has 3 nitrogen and oxygen atoms in total. The van der Waals surface area contributed by atoms with Gasteiger partial charge in [0.05, 0.1) is 0 Å². The van der Waals surface area contributed by atoms with E-state index in [0.29, 0.717) is 6.04 Å². The van der Waals surface area contributed by atoms with Crippen molar-refractivity contribution in [3.05, 3.63) is 46.4 Å². The standard InChI is InChI=1S/C16H17BrN2O.ClH/c1-18-15-6-7-19(10-15)16(20)13-3-2-12-9-14(17)5-4-11(12)8-13;/h2-5,8-9,15,18H,6-7,10H2,1H3;1H. The van der Waals surface area contributed by atoms with Crippen LogP contribution in [-0.2, 0) is 0 Å². The molecule has 1 atom stereocenters. The zero-order chi connectivity index (χ0) is 14.1. The zero-order valence-corrected chi connectivity index (χ0v) is 14.2. The number of fused-ring (bicyclic) bond motifs is 1. The first kappa shape index (κ1) is 16.3. The second-order valence-corrected chi connectivity index (χ2v) is 6.15. The number of halogens is 2. The van der Waals surface area contributed by atoms with Gasteiger partial charge in [-0.25, -0.2) is 0 Å². The number of carbonyl (C=O) groups excluding carboxylic acids is 1. The van der Waals surface area contributed by atoms with Crippen molar-refractivity contribution >= 4 is 45.0 Å². The highest BCUT2D eigenvalue weighted by atomic mass is 79.9. The molecule has 1 heterocycles. The average Bonchev–Trinajstić information content (AvgIpc) is 2.95. The number of hydrogen-bond donors (Lipinski definition) is 1. The van der Waals surface area contributed by atoms with Crippen molar-refractivity contribution in [2.75, 3.05) is 20.1 Å². The predicted molar refractivity (Wildman–Crippen MR) is 92.3 cm³/mol. The smallest absolute Gasteiger partial charge is 0.253 e. The highest BCUT2D eigenvalue weighted by Gasteiger charge is 2.25. The van der Waals surface area contributed by atoms with Gasteiger partial charge in [-0.1, -0.05) is 28.1 Å². The molecule has 1 saturated heterocycles. The first-order chi connectivity index (χ1) is 9.67. The second-order valence-electron chi connectivity index (χ2n) is 5.23. The summed E-state index contributed by atoms with van der Waals surface area (Å²) >= 11 is 3.47. The lowest BCUT2D eigenvalue weighted by atomic mass is 10.1. The summed E-state index contributed by atoms with van der Waals surface area (Å²) < 4.78 is 1.06. The fourth-order valence-electron chi connectivity index (χ4n) is 2.71. The first-order valence-corrected chi connectivity index (χ1v) is 7.62. The van der Waals surface area contributed by atoms with E-state index in [1.807, 2.05) is 42.3 Å². The quantitative estimate of drug-likeness (QED) is 0.879. The molecule has 3 rings (SSSR count). The molecule has 2 aromatic carbocycles. The minimum atomic E-state index is 0. The molecular weight excluding hydrogens is 352 g/mol. The summed E-state index contributed by atoms with van der Waals surface area (Å²) in [5.41, 5.74) is 0.775. The number of nitrogens with one attached hydrogen (secondary N) is 1. The van der Waals surface area contributed by atoms with Crippen LogP contribution in [0.25, 0.3) is 10.8 Å². The van der Waals surface area contributed by atoms with E-state index in [0.717, 1.165) is 40.3 Å². The normalized spacial score (nSPS) is 17.8. The Morgan fingerprint density at radius 2 is 1.95 bits per heavy atom. The zero-order valence-electron chi connectivity index (χ0n) is 11.8. The molecule has 112 valence electrons. The molecule has 1 amide bonds. The summed E-state index contributed by atoms with van der Waals surface area (Å²) in [6, 6.07) is 12.5. The molecule has 1 aliphatic heterocycles. The fraction of sp³-hybridized carbons (Fsp3) is 0.312. The molecule has 0 spiro atoms. The largest absolute Gasteiger partial charge is 0.337 e. The van der Waals surface area contributed by atoms with Crippen molar-refractivity contribution in [1.82, 2.24) is 10.2 Å². The van der Waals surface area contributed by atoms with Gasteiger partial charge in [-0.05, 0) is 48.5 Å². The lowest BCUT2D eigenvalue weighted by molar-refractivity contribution is 0.0790. The van der Waals surface area contributed by atoms with Gasteiger partial charge in [0.1, 0.15) is 0 Å². The van der Waals surface area contributed by atoms with Gasteiger partial charge < -0.3 is 10.2 Å². The molecule has 0 bridgehead atoms. The fourth-order valence-corrected chi connectivity index (χ4v) is 3.09. The van der Waals surface area contributed by atoms with Crippen molar-refractivity contribution in [2.45, 2.75) is 12.5 Å². The van der Waals surface area contributed by atoms with Gasteiger partial charge in [0.15, 0.2) is 0 Å². The summed E-state index contributed by atoms with van der Waals surface area (Å²) in [6.07, 6.45) is 1.03. The Labute approximate surface area is 139 Å². The van der Waals surface area contributed by atoms with Crippen LogP contribution in [0.2, 0.25) is 0 Å². The maximum Gasteiger partial charge on any atom is 0.253 e. The van der Waals surface area contributed by atoms with Crippen LogP contribution in [0.1, 0.15) is 16.8 Å².